The summed E-state index contributed by atoms with van der Waals surface area (Å²) in [6.45, 7) is 4.52. The van der Waals surface area contributed by atoms with Crippen LogP contribution in [0.1, 0.15) is 19.2 Å². The third kappa shape index (κ3) is 2.46. The normalized spacial score (nSPS) is 29.2. The number of nitrogens with one attached hydrogen (secondary N) is 1. The molecule has 1 aliphatic heterocycles. The lowest BCUT2D eigenvalue weighted by atomic mass is 10.1. The van der Waals surface area contributed by atoms with Crippen LogP contribution >= 0.6 is 23.4 Å². The summed E-state index contributed by atoms with van der Waals surface area (Å²) < 4.78 is 1.74. The molecule has 1 fully saturated rings. The molecule has 0 bridgehead atoms. The molecule has 21 heavy (non-hydrogen) atoms. The maximum absolute atomic E-state index is 10.2. The summed E-state index contributed by atoms with van der Waals surface area (Å²) in [6.07, 6.45) is -0.0518. The van der Waals surface area contributed by atoms with Crippen LogP contribution in [0.2, 0.25) is 5.28 Å². The van der Waals surface area contributed by atoms with Crippen LogP contribution in [0.15, 0.2) is 6.33 Å². The van der Waals surface area contributed by atoms with Gasteiger partial charge in [0.1, 0.15) is 11.5 Å². The van der Waals surface area contributed by atoms with Crippen molar-refractivity contribution in [2.45, 2.75) is 36.7 Å². The molecule has 3 heterocycles. The second-order valence-electron chi connectivity index (χ2n) is 4.91. The van der Waals surface area contributed by atoms with Crippen molar-refractivity contribution >= 4 is 40.3 Å². The highest BCUT2D eigenvalue weighted by Crippen LogP contribution is 2.43. The molecule has 0 unspecified atom stereocenters. The zero-order chi connectivity index (χ0) is 15.1. The van der Waals surface area contributed by atoms with Gasteiger partial charge in [-0.1, -0.05) is 6.92 Å². The number of nitrogens with zero attached hydrogens (tertiary/aromatic N) is 4. The zero-order valence-electron chi connectivity index (χ0n) is 11.6. The van der Waals surface area contributed by atoms with Gasteiger partial charge in [-0.25, -0.2) is 4.98 Å². The molecule has 4 atom stereocenters. The molecular weight excluding hydrogens is 314 g/mol. The van der Waals surface area contributed by atoms with Crippen molar-refractivity contribution in [3.63, 3.8) is 0 Å². The molecule has 7 nitrogen and oxygen atoms in total. The van der Waals surface area contributed by atoms with Crippen molar-refractivity contribution in [2.75, 3.05) is 11.9 Å². The van der Waals surface area contributed by atoms with Gasteiger partial charge in [0.05, 0.1) is 12.4 Å². The Bertz CT molecular complexity index is 666. The maximum Gasteiger partial charge on any atom is 0.226 e. The molecule has 0 spiro atoms. The van der Waals surface area contributed by atoms with Crippen LogP contribution in [0.3, 0.4) is 0 Å². The van der Waals surface area contributed by atoms with E-state index in [9.17, 15) is 10.2 Å². The minimum atomic E-state index is -0.876. The van der Waals surface area contributed by atoms with Crippen LogP contribution in [0, 0.1) is 0 Å². The standard InChI is InChI=1S/C12H16ClN5O2S/c1-3-14-9-6-10(17-12(13)16-9)18(4-15-6)11-8(20)7(19)5(2)21-11/h4-5,7-8,11,19-20H,3H2,1-2H3,(H,14,16,17)/t5-,7+,8+,11+/m0/s1. The molecule has 1 saturated heterocycles. The molecule has 0 amide bonds. The van der Waals surface area contributed by atoms with Gasteiger partial charge in [-0.2, -0.15) is 9.97 Å². The first kappa shape index (κ1) is 14.8. The van der Waals surface area contributed by atoms with Gasteiger partial charge in [0.15, 0.2) is 17.0 Å². The van der Waals surface area contributed by atoms with Crippen LogP contribution in [-0.4, -0.2) is 53.7 Å². The summed E-state index contributed by atoms with van der Waals surface area (Å²) in [5.41, 5.74) is 1.15. The SMILES string of the molecule is CCNc1nc(Cl)nc2c1ncn2[C@@H]1S[C@@H](C)[C@@H](O)[C@H]1O. The fourth-order valence-electron chi connectivity index (χ4n) is 2.42. The van der Waals surface area contributed by atoms with Gasteiger partial charge in [-0.15, -0.1) is 11.8 Å². The summed E-state index contributed by atoms with van der Waals surface area (Å²) in [5, 5.41) is 22.9. The Morgan fingerprint density at radius 3 is 2.76 bits per heavy atom. The van der Waals surface area contributed by atoms with Gasteiger partial charge in [0, 0.05) is 11.8 Å². The highest BCUT2D eigenvalue weighted by atomic mass is 35.5. The van der Waals surface area contributed by atoms with Crippen molar-refractivity contribution < 1.29 is 10.2 Å². The monoisotopic (exact) mass is 329 g/mol. The summed E-state index contributed by atoms with van der Waals surface area (Å²) in [6, 6.07) is 0. The lowest BCUT2D eigenvalue weighted by Gasteiger charge is -2.17. The summed E-state index contributed by atoms with van der Waals surface area (Å²) in [4.78, 5) is 12.7. The van der Waals surface area contributed by atoms with E-state index in [0.717, 1.165) is 0 Å². The van der Waals surface area contributed by atoms with E-state index in [1.165, 1.54) is 11.8 Å². The molecule has 0 radical (unpaired) electrons. The number of aliphatic hydroxyl groups excluding tert-OH is 2. The number of hydrogen-bond acceptors (Lipinski definition) is 7. The molecule has 2 aromatic rings. The number of thioether (sulfide) groups is 1. The Kier molecular flexibility index (Phi) is 3.96. The van der Waals surface area contributed by atoms with Crippen molar-refractivity contribution in [1.29, 1.82) is 0 Å². The molecule has 1 aliphatic rings. The number of halogens is 1. The number of imidazole rings is 1. The van der Waals surface area contributed by atoms with E-state index in [0.29, 0.717) is 23.5 Å². The number of fused-ring (bicyclic) bond motifs is 1. The maximum atomic E-state index is 10.2. The number of hydrogen-bond donors (Lipinski definition) is 3. The molecule has 9 heteroatoms. The van der Waals surface area contributed by atoms with E-state index in [1.807, 2.05) is 13.8 Å². The summed E-state index contributed by atoms with van der Waals surface area (Å²) in [7, 11) is 0. The van der Waals surface area contributed by atoms with Gasteiger partial charge in [0.2, 0.25) is 5.28 Å². The highest BCUT2D eigenvalue weighted by Gasteiger charge is 2.41. The molecule has 0 aromatic carbocycles. The topological polar surface area (TPSA) is 96.1 Å². The van der Waals surface area contributed by atoms with Crippen molar-refractivity contribution in [3.8, 4) is 0 Å². The Morgan fingerprint density at radius 2 is 2.14 bits per heavy atom. The molecule has 3 rings (SSSR count). The molecule has 0 aliphatic carbocycles. The van der Waals surface area contributed by atoms with Crippen LogP contribution in [-0.2, 0) is 0 Å². The first-order chi connectivity index (χ1) is 10.0. The van der Waals surface area contributed by atoms with E-state index < -0.39 is 12.2 Å². The first-order valence-electron chi connectivity index (χ1n) is 6.68. The van der Waals surface area contributed by atoms with Crippen LogP contribution in [0.4, 0.5) is 5.82 Å². The molecule has 2 aromatic heterocycles. The minimum Gasteiger partial charge on any atom is -0.389 e. The van der Waals surface area contributed by atoms with Crippen LogP contribution in [0.25, 0.3) is 11.2 Å². The average molecular weight is 330 g/mol. The summed E-state index contributed by atoms with van der Waals surface area (Å²) in [5.74, 6) is 0.567. The fourth-order valence-corrected chi connectivity index (χ4v) is 3.96. The molecule has 3 N–H and O–H groups in total. The predicted molar refractivity (Wildman–Crippen MR) is 82.6 cm³/mol. The Morgan fingerprint density at radius 1 is 1.38 bits per heavy atom. The van der Waals surface area contributed by atoms with Gasteiger partial charge in [0.25, 0.3) is 0 Å². The Labute approximate surface area is 130 Å². The quantitative estimate of drug-likeness (QED) is 0.730. The van der Waals surface area contributed by atoms with Crippen LogP contribution in [0.5, 0.6) is 0 Å². The molecule has 114 valence electrons. The van der Waals surface area contributed by atoms with Gasteiger partial charge in [-0.05, 0) is 18.5 Å². The average Bonchev–Trinajstić information content (AvgIpc) is 2.96. The van der Waals surface area contributed by atoms with E-state index in [-0.39, 0.29) is 15.9 Å². The smallest absolute Gasteiger partial charge is 0.226 e. The zero-order valence-corrected chi connectivity index (χ0v) is 13.1. The van der Waals surface area contributed by atoms with Gasteiger partial charge in [-0.3, -0.25) is 4.57 Å². The lowest BCUT2D eigenvalue weighted by Crippen LogP contribution is -2.30. The Hall–Kier alpha value is -1.09. The van der Waals surface area contributed by atoms with Crippen molar-refractivity contribution in [1.82, 2.24) is 19.5 Å². The van der Waals surface area contributed by atoms with E-state index in [4.69, 9.17) is 11.6 Å². The number of rotatable bonds is 3. The molecular formula is C12H16ClN5O2S. The van der Waals surface area contributed by atoms with Gasteiger partial charge < -0.3 is 15.5 Å². The third-order valence-corrected chi connectivity index (χ3v) is 5.15. The second kappa shape index (κ2) is 5.60. The van der Waals surface area contributed by atoms with Crippen LogP contribution < -0.4 is 5.32 Å². The largest absolute Gasteiger partial charge is 0.389 e. The predicted octanol–water partition coefficient (Wildman–Crippen LogP) is 1.27. The van der Waals surface area contributed by atoms with E-state index in [1.54, 1.807) is 10.9 Å². The minimum absolute atomic E-state index is 0.0620. The van der Waals surface area contributed by atoms with Crippen molar-refractivity contribution in [3.05, 3.63) is 11.6 Å². The Balaban J connectivity index is 2.08. The number of aliphatic hydroxyl groups is 2. The van der Waals surface area contributed by atoms with Gasteiger partial charge >= 0.3 is 0 Å². The lowest BCUT2D eigenvalue weighted by molar-refractivity contribution is 0.0206. The summed E-state index contributed by atoms with van der Waals surface area (Å²) >= 11 is 7.45. The number of aromatic nitrogens is 4. The third-order valence-electron chi connectivity index (χ3n) is 3.49. The van der Waals surface area contributed by atoms with Crippen molar-refractivity contribution in [2.24, 2.45) is 0 Å². The van der Waals surface area contributed by atoms with E-state index in [2.05, 4.69) is 20.3 Å². The number of anilines is 1. The second-order valence-corrected chi connectivity index (χ2v) is 6.75. The first-order valence-corrected chi connectivity index (χ1v) is 8.00. The fraction of sp³-hybridized carbons (Fsp3) is 0.583. The molecule has 0 saturated carbocycles. The highest BCUT2D eigenvalue weighted by molar-refractivity contribution is 8.00. The van der Waals surface area contributed by atoms with E-state index >= 15 is 0 Å².